The van der Waals surface area contributed by atoms with Crippen LogP contribution in [-0.4, -0.2) is 59.3 Å². The number of unbranched alkanes of at least 4 members (excludes halogenated alkanes) is 2. The first-order valence-electron chi connectivity index (χ1n) is 11.2. The molecule has 1 aliphatic rings. The predicted molar refractivity (Wildman–Crippen MR) is 124 cm³/mol. The molecular formula is C24H33N3O3S. The summed E-state index contributed by atoms with van der Waals surface area (Å²) in [5, 5.41) is 3.19. The summed E-state index contributed by atoms with van der Waals surface area (Å²) in [5.41, 5.74) is 1.74. The molecule has 168 valence electrons. The van der Waals surface area contributed by atoms with Crippen molar-refractivity contribution < 1.29 is 14.3 Å². The number of amides is 1. The molecule has 1 fully saturated rings. The number of piperazine rings is 1. The number of ketones is 1. The highest BCUT2D eigenvalue weighted by molar-refractivity contribution is 7.09. The van der Waals surface area contributed by atoms with E-state index in [0.717, 1.165) is 55.3 Å². The van der Waals surface area contributed by atoms with E-state index in [1.54, 1.807) is 23.5 Å². The van der Waals surface area contributed by atoms with Crippen LogP contribution in [0.1, 0.15) is 60.1 Å². The summed E-state index contributed by atoms with van der Waals surface area (Å²) >= 11 is 1.67. The Bertz CT molecular complexity index is 842. The molecule has 0 aliphatic carbocycles. The van der Waals surface area contributed by atoms with E-state index >= 15 is 0 Å². The first kappa shape index (κ1) is 23.4. The lowest BCUT2D eigenvalue weighted by Crippen LogP contribution is -2.48. The van der Waals surface area contributed by atoms with Gasteiger partial charge in [0, 0.05) is 56.5 Å². The highest BCUT2D eigenvalue weighted by Gasteiger charge is 2.22. The molecule has 31 heavy (non-hydrogen) atoms. The molecule has 2 aromatic rings. The molecule has 0 saturated carbocycles. The van der Waals surface area contributed by atoms with Crippen LogP contribution < -0.4 is 4.74 Å². The highest BCUT2D eigenvalue weighted by atomic mass is 32.1. The van der Waals surface area contributed by atoms with E-state index in [9.17, 15) is 9.59 Å². The molecule has 1 aliphatic heterocycles. The van der Waals surface area contributed by atoms with Gasteiger partial charge < -0.3 is 9.64 Å². The average molecular weight is 444 g/mol. The number of aryl methyl sites for hydroxylation is 1. The molecule has 0 spiro atoms. The fourth-order valence-corrected chi connectivity index (χ4v) is 4.27. The third-order valence-corrected chi connectivity index (χ3v) is 6.36. The minimum Gasteiger partial charge on any atom is -0.494 e. The minimum atomic E-state index is 0.00317. The predicted octanol–water partition coefficient (Wildman–Crippen LogP) is 4.33. The SMILES string of the molecule is CCCCCOc1ccc(C(=O)CCC(=O)N2CCN(Cc3csc(C)n3)CC2)cc1. The number of carbonyl (C=O) groups is 2. The van der Waals surface area contributed by atoms with Crippen molar-refractivity contribution in [2.45, 2.75) is 52.5 Å². The van der Waals surface area contributed by atoms with Gasteiger partial charge in [0.1, 0.15) is 5.75 Å². The van der Waals surface area contributed by atoms with Crippen LogP contribution in [0.3, 0.4) is 0 Å². The second-order valence-electron chi connectivity index (χ2n) is 8.02. The molecular weight excluding hydrogens is 410 g/mol. The summed E-state index contributed by atoms with van der Waals surface area (Å²) < 4.78 is 5.69. The fourth-order valence-electron chi connectivity index (χ4n) is 3.67. The number of rotatable bonds is 11. The number of hydrogen-bond acceptors (Lipinski definition) is 6. The lowest BCUT2D eigenvalue weighted by atomic mass is 10.1. The van der Waals surface area contributed by atoms with Crippen molar-refractivity contribution >= 4 is 23.0 Å². The number of thiazole rings is 1. The first-order chi connectivity index (χ1) is 15.0. The zero-order valence-electron chi connectivity index (χ0n) is 18.6. The standard InChI is InChI=1S/C24H33N3O3S/c1-3-4-5-16-30-22-8-6-20(7-9-22)23(28)10-11-24(29)27-14-12-26(13-15-27)17-21-18-31-19(2)25-21/h6-9,18H,3-5,10-17H2,1-2H3. The molecule has 7 heteroatoms. The van der Waals surface area contributed by atoms with E-state index in [4.69, 9.17) is 4.74 Å². The number of carbonyl (C=O) groups excluding carboxylic acids is 2. The van der Waals surface area contributed by atoms with Crippen LogP contribution >= 0.6 is 11.3 Å². The molecule has 0 atom stereocenters. The van der Waals surface area contributed by atoms with Gasteiger partial charge in [-0.2, -0.15) is 0 Å². The maximum atomic E-state index is 12.6. The quantitative estimate of drug-likeness (QED) is 0.382. The smallest absolute Gasteiger partial charge is 0.223 e. The van der Waals surface area contributed by atoms with E-state index in [-0.39, 0.29) is 24.5 Å². The van der Waals surface area contributed by atoms with Crippen LogP contribution in [-0.2, 0) is 11.3 Å². The van der Waals surface area contributed by atoms with Crippen molar-refractivity contribution in [1.29, 1.82) is 0 Å². The van der Waals surface area contributed by atoms with Gasteiger partial charge in [-0.25, -0.2) is 4.98 Å². The van der Waals surface area contributed by atoms with E-state index < -0.39 is 0 Å². The topological polar surface area (TPSA) is 62.7 Å². The summed E-state index contributed by atoms with van der Waals surface area (Å²) in [7, 11) is 0. The third-order valence-electron chi connectivity index (χ3n) is 5.54. The Labute approximate surface area is 189 Å². The van der Waals surface area contributed by atoms with Gasteiger partial charge in [0.25, 0.3) is 0 Å². The number of hydrogen-bond donors (Lipinski definition) is 0. The molecule has 1 aromatic heterocycles. The van der Waals surface area contributed by atoms with Crippen molar-refractivity contribution in [3.63, 3.8) is 0 Å². The van der Waals surface area contributed by atoms with Crippen molar-refractivity contribution in [3.8, 4) is 5.75 Å². The number of ether oxygens (including phenoxy) is 1. The number of nitrogens with zero attached hydrogens (tertiary/aromatic N) is 3. The Kier molecular flexibility index (Phi) is 9.03. The van der Waals surface area contributed by atoms with Gasteiger partial charge >= 0.3 is 0 Å². The van der Waals surface area contributed by atoms with Gasteiger partial charge in [-0.1, -0.05) is 19.8 Å². The lowest BCUT2D eigenvalue weighted by Gasteiger charge is -2.34. The minimum absolute atomic E-state index is 0.00317. The monoisotopic (exact) mass is 443 g/mol. The summed E-state index contributed by atoms with van der Waals surface area (Å²) in [5.74, 6) is 0.853. The van der Waals surface area contributed by atoms with Crippen LogP contribution in [0.25, 0.3) is 0 Å². The van der Waals surface area contributed by atoms with Crippen LogP contribution in [0.5, 0.6) is 5.75 Å². The van der Waals surface area contributed by atoms with Gasteiger partial charge in [0.05, 0.1) is 17.3 Å². The molecule has 1 amide bonds. The first-order valence-corrected chi connectivity index (χ1v) is 12.1. The van der Waals surface area contributed by atoms with E-state index in [2.05, 4.69) is 22.2 Å². The maximum Gasteiger partial charge on any atom is 0.223 e. The molecule has 3 rings (SSSR count). The Balaban J connectivity index is 1.36. The van der Waals surface area contributed by atoms with Crippen molar-refractivity contribution in [2.75, 3.05) is 32.8 Å². The van der Waals surface area contributed by atoms with Gasteiger partial charge in [-0.3, -0.25) is 14.5 Å². The second-order valence-corrected chi connectivity index (χ2v) is 9.08. The van der Waals surface area contributed by atoms with E-state index in [1.165, 1.54) is 0 Å². The molecule has 1 aromatic carbocycles. The van der Waals surface area contributed by atoms with Crippen LogP contribution in [0.2, 0.25) is 0 Å². The lowest BCUT2D eigenvalue weighted by molar-refractivity contribution is -0.133. The van der Waals surface area contributed by atoms with Gasteiger partial charge in [0.15, 0.2) is 5.78 Å². The third kappa shape index (κ3) is 7.43. The Morgan fingerprint density at radius 1 is 1.06 bits per heavy atom. The largest absolute Gasteiger partial charge is 0.494 e. The molecule has 1 saturated heterocycles. The number of aromatic nitrogens is 1. The zero-order valence-corrected chi connectivity index (χ0v) is 19.5. The van der Waals surface area contributed by atoms with Gasteiger partial charge in [-0.05, 0) is 37.6 Å². The normalized spacial score (nSPS) is 14.6. The molecule has 0 radical (unpaired) electrons. The van der Waals surface area contributed by atoms with Crippen molar-refractivity contribution in [2.24, 2.45) is 0 Å². The second kappa shape index (κ2) is 12.0. The Hall–Kier alpha value is -2.25. The number of benzene rings is 1. The summed E-state index contributed by atoms with van der Waals surface area (Å²) in [6.07, 6.45) is 3.87. The molecule has 2 heterocycles. The summed E-state index contributed by atoms with van der Waals surface area (Å²) in [6, 6.07) is 7.26. The van der Waals surface area contributed by atoms with E-state index in [0.29, 0.717) is 25.3 Å². The molecule has 0 unspecified atom stereocenters. The Morgan fingerprint density at radius 3 is 2.45 bits per heavy atom. The number of Topliss-reactive ketones (excluding diaryl/α,β-unsaturated/α-hetero) is 1. The molecule has 0 N–H and O–H groups in total. The Morgan fingerprint density at radius 2 is 1.81 bits per heavy atom. The average Bonchev–Trinajstić information content (AvgIpc) is 3.20. The van der Waals surface area contributed by atoms with Crippen molar-refractivity contribution in [3.05, 3.63) is 45.9 Å². The van der Waals surface area contributed by atoms with E-state index in [1.807, 2.05) is 24.0 Å². The fraction of sp³-hybridized carbons (Fsp3) is 0.542. The molecule has 0 bridgehead atoms. The summed E-state index contributed by atoms with van der Waals surface area (Å²) in [6.45, 7) is 8.82. The van der Waals surface area contributed by atoms with Crippen LogP contribution in [0.4, 0.5) is 0 Å². The maximum absolute atomic E-state index is 12.6. The van der Waals surface area contributed by atoms with Gasteiger partial charge in [-0.15, -0.1) is 11.3 Å². The molecule has 6 nitrogen and oxygen atoms in total. The van der Waals surface area contributed by atoms with Crippen LogP contribution in [0.15, 0.2) is 29.6 Å². The zero-order chi connectivity index (χ0) is 22.1. The summed E-state index contributed by atoms with van der Waals surface area (Å²) in [4.78, 5) is 33.7. The van der Waals surface area contributed by atoms with Crippen LogP contribution in [0, 0.1) is 6.92 Å². The van der Waals surface area contributed by atoms with Gasteiger partial charge in [0.2, 0.25) is 5.91 Å². The van der Waals surface area contributed by atoms with Crippen molar-refractivity contribution in [1.82, 2.24) is 14.8 Å². The highest BCUT2D eigenvalue weighted by Crippen LogP contribution is 2.16.